The van der Waals surface area contributed by atoms with E-state index in [0.29, 0.717) is 12.0 Å². The van der Waals surface area contributed by atoms with E-state index < -0.39 is 17.8 Å². The van der Waals surface area contributed by atoms with Crippen LogP contribution >= 0.6 is 24.2 Å². The molecule has 1 saturated heterocycles. The van der Waals surface area contributed by atoms with Crippen molar-refractivity contribution in [1.29, 1.82) is 0 Å². The molecule has 1 aromatic rings. The summed E-state index contributed by atoms with van der Waals surface area (Å²) in [4.78, 5) is 12.3. The van der Waals surface area contributed by atoms with Crippen molar-refractivity contribution in [3.8, 4) is 0 Å². The Morgan fingerprint density at radius 2 is 2.12 bits per heavy atom. The molecule has 0 radical (unpaired) electrons. The van der Waals surface area contributed by atoms with Crippen LogP contribution < -0.4 is 10.6 Å². The lowest BCUT2D eigenvalue weighted by Crippen LogP contribution is -2.42. The molecule has 1 aliphatic heterocycles. The van der Waals surface area contributed by atoms with Crippen LogP contribution in [0.25, 0.3) is 0 Å². The van der Waals surface area contributed by atoms with Crippen LogP contribution in [-0.2, 0) is 11.0 Å². The van der Waals surface area contributed by atoms with E-state index in [-0.39, 0.29) is 30.3 Å². The Morgan fingerprint density at radius 3 is 2.68 bits per heavy atom. The molecule has 1 fully saturated rings. The highest BCUT2D eigenvalue weighted by Crippen LogP contribution is 2.32. The first-order valence-electron chi connectivity index (χ1n) is 8.05. The second-order valence-corrected chi connectivity index (χ2v) is 7.49. The summed E-state index contributed by atoms with van der Waals surface area (Å²) in [5.74, 6) is 1.78. The molecule has 0 spiro atoms. The van der Waals surface area contributed by atoms with Gasteiger partial charge in [-0.25, -0.2) is 0 Å². The Kier molecular flexibility index (Phi) is 8.57. The zero-order chi connectivity index (χ0) is 17.7. The lowest BCUT2D eigenvalue weighted by atomic mass is 9.94. The fourth-order valence-corrected chi connectivity index (χ4v) is 3.70. The average molecular weight is 397 g/mol. The average Bonchev–Trinajstić information content (AvgIpc) is 2.52. The van der Waals surface area contributed by atoms with Crippen molar-refractivity contribution in [2.24, 2.45) is 5.92 Å². The van der Waals surface area contributed by atoms with Crippen molar-refractivity contribution in [2.75, 3.05) is 18.1 Å². The van der Waals surface area contributed by atoms with Gasteiger partial charge >= 0.3 is 6.18 Å². The molecule has 142 valence electrons. The predicted molar refractivity (Wildman–Crippen MR) is 98.1 cm³/mol. The number of hydrogen-bond donors (Lipinski definition) is 2. The summed E-state index contributed by atoms with van der Waals surface area (Å²) in [7, 11) is 0. The lowest BCUT2D eigenvalue weighted by Gasteiger charge is -2.26. The fourth-order valence-electron chi connectivity index (χ4n) is 2.75. The molecule has 1 amide bonds. The van der Waals surface area contributed by atoms with E-state index in [1.165, 1.54) is 6.07 Å². The smallest absolute Gasteiger partial charge is 0.349 e. The molecule has 2 unspecified atom stereocenters. The maximum Gasteiger partial charge on any atom is 0.416 e. The van der Waals surface area contributed by atoms with Crippen molar-refractivity contribution in [2.45, 2.75) is 38.5 Å². The van der Waals surface area contributed by atoms with Crippen molar-refractivity contribution in [3.05, 3.63) is 35.4 Å². The van der Waals surface area contributed by atoms with Crippen LogP contribution in [0.4, 0.5) is 13.2 Å². The van der Waals surface area contributed by atoms with E-state index in [1.54, 1.807) is 17.8 Å². The topological polar surface area (TPSA) is 41.1 Å². The molecule has 0 aliphatic carbocycles. The van der Waals surface area contributed by atoms with Gasteiger partial charge in [-0.05, 0) is 23.6 Å². The van der Waals surface area contributed by atoms with Gasteiger partial charge in [0.05, 0.1) is 11.6 Å². The van der Waals surface area contributed by atoms with E-state index in [9.17, 15) is 18.0 Å². The van der Waals surface area contributed by atoms with Crippen LogP contribution in [0.3, 0.4) is 0 Å². The van der Waals surface area contributed by atoms with Crippen LogP contribution in [0.2, 0.25) is 0 Å². The summed E-state index contributed by atoms with van der Waals surface area (Å²) >= 11 is 1.80. The molecule has 2 rings (SSSR count). The standard InChI is InChI=1S/C17H23F3N2OS.ClH/c1-11(2)16(12-4-3-5-13(8-12)17(18,19)20)22-15(23)9-14-10-24-7-6-21-14;/h3-5,8,11,14,16,21H,6-7,9-10H2,1-2H3,(H,22,23);1H. The molecule has 1 aliphatic rings. The van der Waals surface area contributed by atoms with Crippen LogP contribution in [0.5, 0.6) is 0 Å². The third-order valence-electron chi connectivity index (χ3n) is 3.99. The molecule has 0 bridgehead atoms. The summed E-state index contributed by atoms with van der Waals surface area (Å²) in [6.07, 6.45) is -4.04. The number of amides is 1. The minimum absolute atomic E-state index is 0. The largest absolute Gasteiger partial charge is 0.416 e. The van der Waals surface area contributed by atoms with Crippen molar-refractivity contribution < 1.29 is 18.0 Å². The fraction of sp³-hybridized carbons (Fsp3) is 0.588. The van der Waals surface area contributed by atoms with E-state index in [2.05, 4.69) is 10.6 Å². The van der Waals surface area contributed by atoms with Gasteiger partial charge in [0.2, 0.25) is 5.91 Å². The third kappa shape index (κ3) is 6.72. The molecule has 1 aromatic carbocycles. The molecular formula is C17H24ClF3N2OS. The number of carbonyl (C=O) groups excluding carboxylic acids is 1. The van der Waals surface area contributed by atoms with E-state index in [0.717, 1.165) is 30.2 Å². The molecule has 0 saturated carbocycles. The minimum Gasteiger partial charge on any atom is -0.349 e. The predicted octanol–water partition coefficient (Wildman–Crippen LogP) is 4.04. The quantitative estimate of drug-likeness (QED) is 0.789. The van der Waals surface area contributed by atoms with Gasteiger partial charge < -0.3 is 10.6 Å². The molecule has 2 atom stereocenters. The number of benzene rings is 1. The highest BCUT2D eigenvalue weighted by atomic mass is 35.5. The Labute approximate surface area is 156 Å². The van der Waals surface area contributed by atoms with Gasteiger partial charge in [0, 0.05) is 30.5 Å². The summed E-state index contributed by atoms with van der Waals surface area (Å²) in [5, 5.41) is 6.19. The summed E-state index contributed by atoms with van der Waals surface area (Å²) in [6, 6.07) is 4.88. The van der Waals surface area contributed by atoms with Crippen LogP contribution in [-0.4, -0.2) is 30.0 Å². The normalized spacial score (nSPS) is 19.2. The summed E-state index contributed by atoms with van der Waals surface area (Å²) < 4.78 is 38.7. The Morgan fingerprint density at radius 1 is 1.40 bits per heavy atom. The van der Waals surface area contributed by atoms with Gasteiger partial charge in [-0.2, -0.15) is 24.9 Å². The number of nitrogens with one attached hydrogen (secondary N) is 2. The van der Waals surface area contributed by atoms with Gasteiger partial charge in [0.1, 0.15) is 0 Å². The van der Waals surface area contributed by atoms with Gasteiger partial charge in [0.25, 0.3) is 0 Å². The molecule has 25 heavy (non-hydrogen) atoms. The van der Waals surface area contributed by atoms with Gasteiger partial charge in [-0.1, -0.05) is 26.0 Å². The third-order valence-corrected chi connectivity index (χ3v) is 5.12. The molecule has 2 N–H and O–H groups in total. The zero-order valence-corrected chi connectivity index (χ0v) is 15.9. The first kappa shape index (κ1) is 22.1. The minimum atomic E-state index is -4.38. The van der Waals surface area contributed by atoms with Gasteiger partial charge in [0.15, 0.2) is 0 Å². The first-order chi connectivity index (χ1) is 11.3. The number of alkyl halides is 3. The Balaban J connectivity index is 0.00000312. The van der Waals surface area contributed by atoms with Gasteiger partial charge in [-0.15, -0.1) is 12.4 Å². The molecule has 1 heterocycles. The number of halogens is 4. The highest BCUT2D eigenvalue weighted by molar-refractivity contribution is 7.99. The first-order valence-corrected chi connectivity index (χ1v) is 9.20. The number of rotatable bonds is 5. The van der Waals surface area contributed by atoms with Crippen LogP contribution in [0.1, 0.15) is 37.4 Å². The van der Waals surface area contributed by atoms with Crippen molar-refractivity contribution in [1.82, 2.24) is 10.6 Å². The van der Waals surface area contributed by atoms with Crippen molar-refractivity contribution in [3.63, 3.8) is 0 Å². The van der Waals surface area contributed by atoms with E-state index in [4.69, 9.17) is 0 Å². The SMILES string of the molecule is CC(C)C(NC(=O)CC1CSCCN1)c1cccc(C(F)(F)F)c1.Cl. The second-order valence-electron chi connectivity index (χ2n) is 6.34. The van der Waals surface area contributed by atoms with Crippen LogP contribution in [0.15, 0.2) is 24.3 Å². The molecule has 0 aromatic heterocycles. The van der Waals surface area contributed by atoms with Crippen molar-refractivity contribution >= 4 is 30.1 Å². The maximum absolute atomic E-state index is 12.9. The summed E-state index contributed by atoms with van der Waals surface area (Å²) in [6.45, 7) is 4.66. The summed E-state index contributed by atoms with van der Waals surface area (Å²) in [5.41, 5.74) is -0.204. The zero-order valence-electron chi connectivity index (χ0n) is 14.2. The maximum atomic E-state index is 12.9. The Hall–Kier alpha value is -0.920. The molecular weight excluding hydrogens is 373 g/mol. The van der Waals surface area contributed by atoms with E-state index in [1.807, 2.05) is 13.8 Å². The second kappa shape index (κ2) is 9.69. The molecule has 3 nitrogen and oxygen atoms in total. The monoisotopic (exact) mass is 396 g/mol. The Bertz CT molecular complexity index is 563. The number of hydrogen-bond acceptors (Lipinski definition) is 3. The lowest BCUT2D eigenvalue weighted by molar-refractivity contribution is -0.137. The van der Waals surface area contributed by atoms with Gasteiger partial charge in [-0.3, -0.25) is 4.79 Å². The molecule has 8 heteroatoms. The van der Waals surface area contributed by atoms with E-state index >= 15 is 0 Å². The van der Waals surface area contributed by atoms with Crippen LogP contribution in [0, 0.1) is 5.92 Å². The highest BCUT2D eigenvalue weighted by Gasteiger charge is 2.31. The number of carbonyl (C=O) groups is 1. The number of thioether (sulfide) groups is 1.